The molecule has 1 aromatic carbocycles. The Morgan fingerprint density at radius 1 is 1.02 bits per heavy atom. The van der Waals surface area contributed by atoms with E-state index in [2.05, 4.69) is 0 Å². The van der Waals surface area contributed by atoms with Gasteiger partial charge in [0.1, 0.15) is 30.5 Å². The number of methoxy groups -OCH3 is 2. The molecule has 14 nitrogen and oxygen atoms in total. The molecular formula is C27H32O14. The van der Waals surface area contributed by atoms with E-state index in [1.807, 2.05) is 0 Å². The Morgan fingerprint density at radius 3 is 2.44 bits per heavy atom. The van der Waals surface area contributed by atoms with Gasteiger partial charge in [0, 0.05) is 12.0 Å². The maximum atomic E-state index is 12.8. The van der Waals surface area contributed by atoms with Crippen LogP contribution in [0.3, 0.4) is 0 Å². The molecule has 0 saturated carbocycles. The summed E-state index contributed by atoms with van der Waals surface area (Å²) >= 11 is 0. The van der Waals surface area contributed by atoms with Gasteiger partial charge in [0.15, 0.2) is 17.8 Å². The summed E-state index contributed by atoms with van der Waals surface area (Å²) in [5, 5.41) is 59.9. The van der Waals surface area contributed by atoms with E-state index < -0.39 is 80.1 Å². The van der Waals surface area contributed by atoms with E-state index in [0.717, 1.165) is 19.4 Å². The molecule has 0 amide bonds. The van der Waals surface area contributed by atoms with Gasteiger partial charge in [-0.1, -0.05) is 6.07 Å². The highest BCUT2D eigenvalue weighted by atomic mass is 16.8. The van der Waals surface area contributed by atoms with Crippen LogP contribution in [0.25, 0.3) is 6.08 Å². The number of hydrogen-bond donors (Lipinski definition) is 6. The third kappa shape index (κ3) is 6.23. The normalized spacial score (nSPS) is 32.9. The highest BCUT2D eigenvalue weighted by Gasteiger charge is 2.53. The summed E-state index contributed by atoms with van der Waals surface area (Å²) < 4.78 is 32.3. The molecule has 1 fully saturated rings. The number of hydrogen-bond acceptors (Lipinski definition) is 14. The average molecular weight is 581 g/mol. The SMILES string of the molecule is COC(=O)C1=COC(O[C@@H]2O[C@H](CO)[C@@H](O)[C@H](O)[C@H]2O)C2C(CO)=CC(OC(=O)/C=C/c3ccc(O)c(OC)c3)C12. The van der Waals surface area contributed by atoms with E-state index in [0.29, 0.717) is 5.56 Å². The minimum absolute atomic E-state index is 0.0177. The van der Waals surface area contributed by atoms with Crippen LogP contribution in [0, 0.1) is 11.8 Å². The molecule has 1 aliphatic carbocycles. The van der Waals surface area contributed by atoms with Crippen molar-refractivity contribution in [3.63, 3.8) is 0 Å². The number of esters is 2. The van der Waals surface area contributed by atoms with Gasteiger partial charge >= 0.3 is 11.9 Å². The number of fused-ring (bicyclic) bond motifs is 1. The Kier molecular flexibility index (Phi) is 9.65. The molecule has 4 rings (SSSR count). The molecule has 0 aromatic heterocycles. The first-order valence-corrected chi connectivity index (χ1v) is 12.6. The standard InChI is InChI=1S/C27H32O14/c1-36-16-7-12(3-5-15(16)30)4-6-19(31)39-17-8-13(9-28)20-21(17)14(25(35)37-2)11-38-26(20)41-27-24(34)23(33)22(32)18(10-29)40-27/h3-8,11,17-18,20-24,26-30,32-34H,9-10H2,1-2H3/b6-4+/t17?,18-,20?,21?,22-,23+,24-,26?,27+/m1/s1. The molecule has 2 heterocycles. The Balaban J connectivity index is 1.56. The molecular weight excluding hydrogens is 548 g/mol. The van der Waals surface area contributed by atoms with Crippen LogP contribution in [0.4, 0.5) is 0 Å². The predicted molar refractivity (Wildman–Crippen MR) is 136 cm³/mol. The van der Waals surface area contributed by atoms with E-state index in [-0.39, 0.29) is 22.6 Å². The fourth-order valence-electron chi connectivity index (χ4n) is 5.01. The van der Waals surface area contributed by atoms with Crippen LogP contribution in [0.1, 0.15) is 5.56 Å². The minimum atomic E-state index is -1.74. The fourth-order valence-corrected chi connectivity index (χ4v) is 5.01. The Hall–Kier alpha value is -3.50. The molecule has 41 heavy (non-hydrogen) atoms. The third-order valence-electron chi connectivity index (χ3n) is 7.12. The van der Waals surface area contributed by atoms with Gasteiger partial charge in [-0.15, -0.1) is 0 Å². The summed E-state index contributed by atoms with van der Waals surface area (Å²) in [6, 6.07) is 4.45. The van der Waals surface area contributed by atoms with Gasteiger partial charge in [0.25, 0.3) is 0 Å². The van der Waals surface area contributed by atoms with E-state index in [9.17, 15) is 40.2 Å². The lowest BCUT2D eigenvalue weighted by Crippen LogP contribution is -2.60. The van der Waals surface area contributed by atoms with E-state index in [1.54, 1.807) is 6.07 Å². The van der Waals surface area contributed by atoms with Crippen LogP contribution >= 0.6 is 0 Å². The van der Waals surface area contributed by atoms with Gasteiger partial charge in [0.05, 0.1) is 45.2 Å². The molecule has 1 saturated heterocycles. The van der Waals surface area contributed by atoms with Crippen molar-refractivity contribution in [3.8, 4) is 11.5 Å². The highest BCUT2D eigenvalue weighted by Crippen LogP contribution is 2.45. The van der Waals surface area contributed by atoms with Gasteiger partial charge in [-0.3, -0.25) is 0 Å². The lowest BCUT2D eigenvalue weighted by molar-refractivity contribution is -0.340. The number of rotatable bonds is 9. The van der Waals surface area contributed by atoms with Crippen molar-refractivity contribution in [1.82, 2.24) is 0 Å². The molecule has 2 aliphatic heterocycles. The minimum Gasteiger partial charge on any atom is -0.504 e. The van der Waals surface area contributed by atoms with Crippen molar-refractivity contribution in [2.45, 2.75) is 43.1 Å². The second-order valence-corrected chi connectivity index (χ2v) is 9.52. The fraction of sp³-hybridized carbons (Fsp3) is 0.481. The lowest BCUT2D eigenvalue weighted by atomic mass is 9.82. The molecule has 0 radical (unpaired) electrons. The number of benzene rings is 1. The molecule has 224 valence electrons. The van der Waals surface area contributed by atoms with Gasteiger partial charge < -0.3 is 59.1 Å². The number of carbonyl (C=O) groups excluding carboxylic acids is 2. The Morgan fingerprint density at radius 2 is 1.78 bits per heavy atom. The summed E-state index contributed by atoms with van der Waals surface area (Å²) in [5.74, 6) is -3.33. The molecule has 9 atom stereocenters. The van der Waals surface area contributed by atoms with Gasteiger partial charge in [0.2, 0.25) is 6.29 Å². The topological polar surface area (TPSA) is 211 Å². The second-order valence-electron chi connectivity index (χ2n) is 9.52. The molecule has 14 heteroatoms. The number of phenols is 1. The summed E-state index contributed by atoms with van der Waals surface area (Å²) in [5.41, 5.74) is 0.793. The van der Waals surface area contributed by atoms with Crippen LogP contribution in [-0.4, -0.2) is 113 Å². The highest BCUT2D eigenvalue weighted by molar-refractivity contribution is 5.90. The van der Waals surface area contributed by atoms with Crippen LogP contribution in [0.15, 0.2) is 47.8 Å². The maximum Gasteiger partial charge on any atom is 0.337 e. The Bertz CT molecular complexity index is 1210. The van der Waals surface area contributed by atoms with Crippen molar-refractivity contribution in [1.29, 1.82) is 0 Å². The zero-order valence-corrected chi connectivity index (χ0v) is 22.1. The van der Waals surface area contributed by atoms with Crippen molar-refractivity contribution >= 4 is 18.0 Å². The van der Waals surface area contributed by atoms with E-state index in [4.69, 9.17) is 28.4 Å². The molecule has 1 aromatic rings. The van der Waals surface area contributed by atoms with Crippen molar-refractivity contribution in [2.75, 3.05) is 27.4 Å². The Labute approximate surface area is 234 Å². The molecule has 0 bridgehead atoms. The summed E-state index contributed by atoms with van der Waals surface area (Å²) in [7, 11) is 2.53. The molecule has 6 N–H and O–H groups in total. The summed E-state index contributed by atoms with van der Waals surface area (Å²) in [4.78, 5) is 25.4. The van der Waals surface area contributed by atoms with Crippen molar-refractivity contribution in [3.05, 3.63) is 53.3 Å². The number of aliphatic hydroxyl groups is 5. The van der Waals surface area contributed by atoms with Crippen LogP contribution < -0.4 is 4.74 Å². The molecule has 0 spiro atoms. The monoisotopic (exact) mass is 580 g/mol. The number of aliphatic hydroxyl groups excluding tert-OH is 5. The maximum absolute atomic E-state index is 12.8. The smallest absolute Gasteiger partial charge is 0.337 e. The lowest BCUT2D eigenvalue weighted by Gasteiger charge is -2.43. The first-order chi connectivity index (χ1) is 19.6. The molecule has 4 unspecified atom stereocenters. The van der Waals surface area contributed by atoms with Crippen LogP contribution in [0.5, 0.6) is 11.5 Å². The first-order valence-electron chi connectivity index (χ1n) is 12.6. The number of aromatic hydroxyl groups is 1. The van der Waals surface area contributed by atoms with Crippen molar-refractivity contribution in [2.24, 2.45) is 11.8 Å². The third-order valence-corrected chi connectivity index (χ3v) is 7.12. The van der Waals surface area contributed by atoms with Crippen LogP contribution in [0.2, 0.25) is 0 Å². The van der Waals surface area contributed by atoms with Crippen LogP contribution in [-0.2, 0) is 33.3 Å². The second kappa shape index (κ2) is 13.0. The number of ether oxygens (including phenoxy) is 6. The van der Waals surface area contributed by atoms with Crippen molar-refractivity contribution < 1.29 is 68.6 Å². The quantitative estimate of drug-likeness (QED) is 0.114. The molecule has 3 aliphatic rings. The largest absolute Gasteiger partial charge is 0.504 e. The van der Waals surface area contributed by atoms with Gasteiger partial charge in [-0.25, -0.2) is 9.59 Å². The summed E-state index contributed by atoms with van der Waals surface area (Å²) in [6.07, 6.45) is -5.22. The van der Waals surface area contributed by atoms with E-state index in [1.165, 1.54) is 31.4 Å². The van der Waals surface area contributed by atoms with Gasteiger partial charge in [-0.05, 0) is 35.4 Å². The number of carbonyl (C=O) groups is 2. The van der Waals surface area contributed by atoms with Gasteiger partial charge in [-0.2, -0.15) is 0 Å². The zero-order valence-electron chi connectivity index (χ0n) is 22.1. The predicted octanol–water partition coefficient (Wildman–Crippen LogP) is -1.28. The van der Waals surface area contributed by atoms with E-state index >= 15 is 0 Å². The average Bonchev–Trinajstić information content (AvgIpc) is 3.35. The zero-order chi connectivity index (χ0) is 29.8. The summed E-state index contributed by atoms with van der Waals surface area (Å²) in [6.45, 7) is -1.22. The number of phenolic OH excluding ortho intramolecular Hbond substituents is 1. The first kappa shape index (κ1) is 30.5.